The van der Waals surface area contributed by atoms with Crippen LogP contribution in [-0.2, 0) is 11.2 Å². The van der Waals surface area contributed by atoms with Crippen LogP contribution in [0.25, 0.3) is 0 Å². The van der Waals surface area contributed by atoms with E-state index in [0.29, 0.717) is 13.1 Å². The number of ether oxygens (including phenoxy) is 1. The van der Waals surface area contributed by atoms with Gasteiger partial charge in [0.25, 0.3) is 0 Å². The SMILES string of the molecule is Cc1csc(N2CCCN(CC(=O)NCC3Cc4ccccc4O3)CC2)n1. The number of hydrogen-bond donors (Lipinski definition) is 1. The molecule has 3 heterocycles. The van der Waals surface area contributed by atoms with Crippen LogP contribution in [0.4, 0.5) is 5.13 Å². The number of rotatable bonds is 5. The van der Waals surface area contributed by atoms with Crippen LogP contribution in [0.3, 0.4) is 0 Å². The van der Waals surface area contributed by atoms with Crippen LogP contribution in [0, 0.1) is 6.92 Å². The number of carbonyl (C=O) groups excluding carboxylic acids is 1. The molecule has 4 rings (SSSR count). The molecule has 2 aliphatic heterocycles. The smallest absolute Gasteiger partial charge is 0.234 e. The van der Waals surface area contributed by atoms with Crippen molar-refractivity contribution in [1.82, 2.24) is 15.2 Å². The number of anilines is 1. The molecule has 1 fully saturated rings. The Morgan fingerprint density at radius 2 is 2.19 bits per heavy atom. The monoisotopic (exact) mass is 386 g/mol. The normalized spacial score (nSPS) is 20.0. The molecule has 0 bridgehead atoms. The molecule has 1 unspecified atom stereocenters. The lowest BCUT2D eigenvalue weighted by molar-refractivity contribution is -0.122. The lowest BCUT2D eigenvalue weighted by atomic mass is 10.1. The lowest BCUT2D eigenvalue weighted by Crippen LogP contribution is -2.42. The summed E-state index contributed by atoms with van der Waals surface area (Å²) in [5.74, 6) is 1.02. The summed E-state index contributed by atoms with van der Waals surface area (Å²) in [6.45, 7) is 6.79. The van der Waals surface area contributed by atoms with E-state index in [0.717, 1.165) is 55.6 Å². The molecule has 1 amide bonds. The molecule has 1 aromatic carbocycles. The summed E-state index contributed by atoms with van der Waals surface area (Å²) in [5, 5.41) is 6.23. The van der Waals surface area contributed by atoms with Crippen LogP contribution in [-0.4, -0.2) is 61.2 Å². The van der Waals surface area contributed by atoms with Crippen LogP contribution < -0.4 is 15.0 Å². The fraction of sp³-hybridized carbons (Fsp3) is 0.500. The van der Waals surface area contributed by atoms with E-state index in [2.05, 4.69) is 31.5 Å². The molecular formula is C20H26N4O2S. The van der Waals surface area contributed by atoms with Crippen LogP contribution >= 0.6 is 11.3 Å². The highest BCUT2D eigenvalue weighted by atomic mass is 32.1. The minimum Gasteiger partial charge on any atom is -0.488 e. The molecular weight excluding hydrogens is 360 g/mol. The Kier molecular flexibility index (Phi) is 5.59. The second kappa shape index (κ2) is 8.27. The van der Waals surface area contributed by atoms with E-state index >= 15 is 0 Å². The van der Waals surface area contributed by atoms with E-state index in [4.69, 9.17) is 4.74 Å². The number of aryl methyl sites for hydroxylation is 1. The maximum absolute atomic E-state index is 12.4. The third-order valence-electron chi connectivity index (χ3n) is 5.07. The first-order chi connectivity index (χ1) is 13.2. The van der Waals surface area contributed by atoms with Crippen LogP contribution in [0.2, 0.25) is 0 Å². The maximum atomic E-state index is 12.4. The Morgan fingerprint density at radius 3 is 3.00 bits per heavy atom. The second-order valence-electron chi connectivity index (χ2n) is 7.24. The quantitative estimate of drug-likeness (QED) is 0.853. The molecule has 1 N–H and O–H groups in total. The Morgan fingerprint density at radius 1 is 1.30 bits per heavy atom. The predicted octanol–water partition coefficient (Wildman–Crippen LogP) is 2.08. The largest absolute Gasteiger partial charge is 0.488 e. The number of fused-ring (bicyclic) bond motifs is 1. The summed E-state index contributed by atoms with van der Waals surface area (Å²) >= 11 is 1.70. The summed E-state index contributed by atoms with van der Waals surface area (Å²) in [5.41, 5.74) is 2.30. The molecule has 144 valence electrons. The average molecular weight is 387 g/mol. The highest BCUT2D eigenvalue weighted by Gasteiger charge is 2.23. The van der Waals surface area contributed by atoms with Gasteiger partial charge in [-0.2, -0.15) is 0 Å². The van der Waals surface area contributed by atoms with E-state index < -0.39 is 0 Å². The number of thiazole rings is 1. The van der Waals surface area contributed by atoms with Gasteiger partial charge in [-0.1, -0.05) is 18.2 Å². The first-order valence-electron chi connectivity index (χ1n) is 9.58. The maximum Gasteiger partial charge on any atom is 0.234 e. The van der Waals surface area contributed by atoms with Crippen molar-refractivity contribution in [2.45, 2.75) is 25.9 Å². The number of benzene rings is 1. The predicted molar refractivity (Wildman–Crippen MR) is 108 cm³/mol. The van der Waals surface area contributed by atoms with Crippen molar-refractivity contribution in [1.29, 1.82) is 0 Å². The number of amides is 1. The van der Waals surface area contributed by atoms with E-state index in [9.17, 15) is 4.79 Å². The average Bonchev–Trinajstić information content (AvgIpc) is 3.21. The van der Waals surface area contributed by atoms with Crippen molar-refractivity contribution in [2.24, 2.45) is 0 Å². The Hall–Kier alpha value is -2.12. The molecule has 7 heteroatoms. The molecule has 2 aromatic rings. The zero-order valence-electron chi connectivity index (χ0n) is 15.7. The van der Waals surface area contributed by atoms with E-state index in [1.54, 1.807) is 11.3 Å². The third kappa shape index (κ3) is 4.59. The first kappa shape index (κ1) is 18.3. The lowest BCUT2D eigenvalue weighted by Gasteiger charge is -2.21. The summed E-state index contributed by atoms with van der Waals surface area (Å²) in [6, 6.07) is 8.09. The van der Waals surface area contributed by atoms with Gasteiger partial charge in [0.15, 0.2) is 5.13 Å². The molecule has 27 heavy (non-hydrogen) atoms. The molecule has 6 nitrogen and oxygen atoms in total. The van der Waals surface area contributed by atoms with Crippen molar-refractivity contribution in [3.05, 3.63) is 40.9 Å². The Bertz CT molecular complexity index is 769. The van der Waals surface area contributed by atoms with Gasteiger partial charge in [0.05, 0.1) is 18.8 Å². The summed E-state index contributed by atoms with van der Waals surface area (Å²) < 4.78 is 5.89. The van der Waals surface area contributed by atoms with Gasteiger partial charge >= 0.3 is 0 Å². The van der Waals surface area contributed by atoms with Crippen LogP contribution in [0.1, 0.15) is 17.7 Å². The second-order valence-corrected chi connectivity index (χ2v) is 8.08. The van der Waals surface area contributed by atoms with Gasteiger partial charge in [0.1, 0.15) is 11.9 Å². The third-order valence-corrected chi connectivity index (χ3v) is 6.09. The molecule has 0 spiro atoms. The van der Waals surface area contributed by atoms with Gasteiger partial charge < -0.3 is 15.0 Å². The first-order valence-corrected chi connectivity index (χ1v) is 10.5. The van der Waals surface area contributed by atoms with Gasteiger partial charge in [0, 0.05) is 38.0 Å². The standard InChI is InChI=1S/C20H26N4O2S/c1-15-14-27-20(22-15)24-8-4-7-23(9-10-24)13-19(25)21-12-17-11-16-5-2-3-6-18(16)26-17/h2-3,5-6,14,17H,4,7-13H2,1H3,(H,21,25). The molecule has 0 saturated carbocycles. The zero-order valence-corrected chi connectivity index (χ0v) is 16.5. The number of nitrogens with zero attached hydrogens (tertiary/aromatic N) is 3. The number of aromatic nitrogens is 1. The van der Waals surface area contributed by atoms with E-state index in [1.807, 2.05) is 25.1 Å². The molecule has 1 saturated heterocycles. The van der Waals surface area contributed by atoms with Gasteiger partial charge in [-0.15, -0.1) is 11.3 Å². The molecule has 0 aliphatic carbocycles. The fourth-order valence-corrected chi connectivity index (χ4v) is 4.52. The highest BCUT2D eigenvalue weighted by molar-refractivity contribution is 7.13. The molecule has 1 atom stereocenters. The summed E-state index contributed by atoms with van der Waals surface area (Å²) in [6.07, 6.45) is 1.95. The van der Waals surface area contributed by atoms with Crippen LogP contribution in [0.15, 0.2) is 29.6 Å². The van der Waals surface area contributed by atoms with Crippen LogP contribution in [0.5, 0.6) is 5.75 Å². The highest BCUT2D eigenvalue weighted by Crippen LogP contribution is 2.27. The Labute approximate surface area is 164 Å². The number of nitrogens with one attached hydrogen (secondary N) is 1. The van der Waals surface area contributed by atoms with Crippen molar-refractivity contribution in [2.75, 3.05) is 44.2 Å². The van der Waals surface area contributed by atoms with Crippen molar-refractivity contribution in [3.8, 4) is 5.75 Å². The van der Waals surface area contributed by atoms with Gasteiger partial charge in [0.2, 0.25) is 5.91 Å². The van der Waals surface area contributed by atoms with Crippen molar-refractivity contribution >= 4 is 22.4 Å². The zero-order chi connectivity index (χ0) is 18.6. The van der Waals surface area contributed by atoms with Crippen molar-refractivity contribution < 1.29 is 9.53 Å². The number of hydrogen-bond acceptors (Lipinski definition) is 6. The topological polar surface area (TPSA) is 57.7 Å². The van der Waals surface area contributed by atoms with Crippen molar-refractivity contribution in [3.63, 3.8) is 0 Å². The summed E-state index contributed by atoms with van der Waals surface area (Å²) in [4.78, 5) is 21.5. The van der Waals surface area contributed by atoms with Gasteiger partial charge in [-0.3, -0.25) is 9.69 Å². The van der Waals surface area contributed by atoms with Gasteiger partial charge in [-0.25, -0.2) is 4.98 Å². The fourth-order valence-electron chi connectivity index (χ4n) is 3.66. The van der Waals surface area contributed by atoms with Gasteiger partial charge in [-0.05, 0) is 25.0 Å². The van der Waals surface area contributed by atoms with E-state index in [-0.39, 0.29) is 12.0 Å². The Balaban J connectivity index is 1.21. The minimum absolute atomic E-state index is 0.0408. The van der Waals surface area contributed by atoms with E-state index in [1.165, 1.54) is 5.56 Å². The minimum atomic E-state index is 0.0408. The molecule has 0 radical (unpaired) electrons. The molecule has 2 aliphatic rings. The number of para-hydroxylation sites is 1. The summed E-state index contributed by atoms with van der Waals surface area (Å²) in [7, 11) is 0. The number of carbonyl (C=O) groups is 1. The molecule has 1 aromatic heterocycles.